The van der Waals surface area contributed by atoms with Crippen LogP contribution >= 0.6 is 0 Å². The Labute approximate surface area is 92.9 Å². The fraction of sp³-hybridized carbons (Fsp3) is 0.273. The molecule has 2 aromatic rings. The summed E-state index contributed by atoms with van der Waals surface area (Å²) in [5.74, 6) is 1.76. The normalized spacial score (nSPS) is 10.4. The summed E-state index contributed by atoms with van der Waals surface area (Å²) in [7, 11) is 0. The zero-order valence-corrected chi connectivity index (χ0v) is 9.42. The summed E-state index contributed by atoms with van der Waals surface area (Å²) in [6.45, 7) is 5.44. The molecule has 1 amide bonds. The molecular formula is C11H13N3O2. The minimum atomic E-state index is -0.193. The SMILES string of the molecule is Cc1cc(C(=O)Nc2[nH]ncc2C)c(C)o1. The molecule has 0 saturated heterocycles. The van der Waals surface area contributed by atoms with Crippen LogP contribution in [0.2, 0.25) is 0 Å². The fourth-order valence-electron chi connectivity index (χ4n) is 1.51. The van der Waals surface area contributed by atoms with Crippen molar-refractivity contribution >= 4 is 11.7 Å². The number of aryl methyl sites for hydroxylation is 3. The second kappa shape index (κ2) is 3.84. The number of furan rings is 1. The maximum atomic E-state index is 11.9. The Kier molecular flexibility index (Phi) is 2.52. The van der Waals surface area contributed by atoms with E-state index >= 15 is 0 Å². The highest BCUT2D eigenvalue weighted by atomic mass is 16.3. The van der Waals surface area contributed by atoms with Gasteiger partial charge in [-0.1, -0.05) is 0 Å². The molecule has 84 valence electrons. The largest absolute Gasteiger partial charge is 0.466 e. The standard InChI is InChI=1S/C11H13N3O2/c1-6-5-12-14-10(6)13-11(15)9-4-7(2)16-8(9)3/h4-5H,1-3H3,(H2,12,13,14,15). The topological polar surface area (TPSA) is 70.9 Å². The van der Waals surface area contributed by atoms with Crippen molar-refractivity contribution in [1.82, 2.24) is 10.2 Å². The van der Waals surface area contributed by atoms with Crippen LogP contribution in [0.25, 0.3) is 0 Å². The predicted octanol–water partition coefficient (Wildman–Crippen LogP) is 2.18. The van der Waals surface area contributed by atoms with E-state index in [2.05, 4.69) is 15.5 Å². The number of hydrogen-bond acceptors (Lipinski definition) is 3. The van der Waals surface area contributed by atoms with Gasteiger partial charge < -0.3 is 9.73 Å². The molecule has 2 aromatic heterocycles. The van der Waals surface area contributed by atoms with E-state index in [1.807, 2.05) is 13.8 Å². The number of H-pyrrole nitrogens is 1. The lowest BCUT2D eigenvalue weighted by Crippen LogP contribution is -2.13. The van der Waals surface area contributed by atoms with Gasteiger partial charge in [0.2, 0.25) is 0 Å². The van der Waals surface area contributed by atoms with E-state index < -0.39 is 0 Å². The van der Waals surface area contributed by atoms with Gasteiger partial charge in [-0.3, -0.25) is 9.89 Å². The van der Waals surface area contributed by atoms with Crippen molar-refractivity contribution in [2.45, 2.75) is 20.8 Å². The smallest absolute Gasteiger partial charge is 0.260 e. The molecule has 0 aromatic carbocycles. The van der Waals surface area contributed by atoms with Crippen LogP contribution in [-0.2, 0) is 0 Å². The molecule has 5 heteroatoms. The third-order valence-electron chi connectivity index (χ3n) is 2.35. The number of aromatic nitrogens is 2. The maximum Gasteiger partial charge on any atom is 0.260 e. The minimum Gasteiger partial charge on any atom is -0.466 e. The molecule has 2 rings (SSSR count). The van der Waals surface area contributed by atoms with E-state index in [-0.39, 0.29) is 5.91 Å². The Morgan fingerprint density at radius 3 is 2.69 bits per heavy atom. The van der Waals surface area contributed by atoms with Crippen molar-refractivity contribution in [2.75, 3.05) is 5.32 Å². The van der Waals surface area contributed by atoms with Crippen molar-refractivity contribution in [3.63, 3.8) is 0 Å². The first kappa shape index (κ1) is 10.5. The van der Waals surface area contributed by atoms with Gasteiger partial charge in [0.1, 0.15) is 17.3 Å². The second-order valence-corrected chi connectivity index (χ2v) is 3.71. The van der Waals surface area contributed by atoms with E-state index in [0.717, 1.165) is 11.3 Å². The fourth-order valence-corrected chi connectivity index (χ4v) is 1.51. The number of anilines is 1. The highest BCUT2D eigenvalue weighted by Gasteiger charge is 2.14. The number of hydrogen-bond donors (Lipinski definition) is 2. The van der Waals surface area contributed by atoms with E-state index in [9.17, 15) is 4.79 Å². The summed E-state index contributed by atoms with van der Waals surface area (Å²) in [6.07, 6.45) is 1.66. The average molecular weight is 219 g/mol. The summed E-state index contributed by atoms with van der Waals surface area (Å²) < 4.78 is 5.30. The molecule has 0 saturated carbocycles. The van der Waals surface area contributed by atoms with Gasteiger partial charge in [-0.15, -0.1) is 0 Å². The monoisotopic (exact) mass is 219 g/mol. The van der Waals surface area contributed by atoms with Gasteiger partial charge in [-0.05, 0) is 26.8 Å². The number of nitrogens with one attached hydrogen (secondary N) is 2. The van der Waals surface area contributed by atoms with Gasteiger partial charge in [0.25, 0.3) is 5.91 Å². The average Bonchev–Trinajstić information content (AvgIpc) is 2.74. The Morgan fingerprint density at radius 1 is 1.44 bits per heavy atom. The molecule has 0 bridgehead atoms. The summed E-state index contributed by atoms with van der Waals surface area (Å²) >= 11 is 0. The lowest BCUT2D eigenvalue weighted by Gasteiger charge is -2.01. The minimum absolute atomic E-state index is 0.193. The van der Waals surface area contributed by atoms with Crippen molar-refractivity contribution in [3.8, 4) is 0 Å². The van der Waals surface area contributed by atoms with Crippen LogP contribution in [0, 0.1) is 20.8 Å². The Balaban J connectivity index is 2.21. The second-order valence-electron chi connectivity index (χ2n) is 3.71. The van der Waals surface area contributed by atoms with Crippen LogP contribution in [0.4, 0.5) is 5.82 Å². The van der Waals surface area contributed by atoms with Crippen LogP contribution in [0.1, 0.15) is 27.4 Å². The first-order valence-corrected chi connectivity index (χ1v) is 4.96. The highest BCUT2D eigenvalue weighted by Crippen LogP contribution is 2.16. The van der Waals surface area contributed by atoms with E-state index in [1.165, 1.54) is 0 Å². The first-order valence-electron chi connectivity index (χ1n) is 4.96. The molecule has 0 radical (unpaired) electrons. The van der Waals surface area contributed by atoms with Gasteiger partial charge in [0.15, 0.2) is 0 Å². The molecule has 0 aliphatic rings. The first-order chi connectivity index (χ1) is 7.58. The Hall–Kier alpha value is -2.04. The quantitative estimate of drug-likeness (QED) is 0.813. The van der Waals surface area contributed by atoms with E-state index in [1.54, 1.807) is 19.2 Å². The molecule has 0 aliphatic heterocycles. The zero-order valence-electron chi connectivity index (χ0n) is 9.42. The van der Waals surface area contributed by atoms with Crippen molar-refractivity contribution in [1.29, 1.82) is 0 Å². The third kappa shape index (κ3) is 1.84. The van der Waals surface area contributed by atoms with Crippen molar-refractivity contribution in [2.24, 2.45) is 0 Å². The number of carbonyl (C=O) groups excluding carboxylic acids is 1. The molecule has 16 heavy (non-hydrogen) atoms. The molecule has 0 aliphatic carbocycles. The van der Waals surface area contributed by atoms with Crippen LogP contribution in [-0.4, -0.2) is 16.1 Å². The molecule has 0 atom stereocenters. The molecule has 0 unspecified atom stereocenters. The number of nitrogens with zero attached hydrogens (tertiary/aromatic N) is 1. The summed E-state index contributed by atoms with van der Waals surface area (Å²) in [4.78, 5) is 11.9. The van der Waals surface area contributed by atoms with Gasteiger partial charge in [0.05, 0.1) is 11.8 Å². The number of amides is 1. The summed E-state index contributed by atoms with van der Waals surface area (Å²) in [5.41, 5.74) is 1.44. The van der Waals surface area contributed by atoms with Crippen molar-refractivity contribution < 1.29 is 9.21 Å². The van der Waals surface area contributed by atoms with Crippen molar-refractivity contribution in [3.05, 3.63) is 34.9 Å². The van der Waals surface area contributed by atoms with Crippen LogP contribution in [0.15, 0.2) is 16.7 Å². The van der Waals surface area contributed by atoms with Crippen LogP contribution in [0.5, 0.6) is 0 Å². The number of aromatic amines is 1. The summed E-state index contributed by atoms with van der Waals surface area (Å²) in [5, 5.41) is 9.30. The van der Waals surface area contributed by atoms with Gasteiger partial charge in [-0.2, -0.15) is 5.10 Å². The lowest BCUT2D eigenvalue weighted by atomic mass is 10.2. The maximum absolute atomic E-state index is 11.9. The molecule has 5 nitrogen and oxygen atoms in total. The highest BCUT2D eigenvalue weighted by molar-refractivity contribution is 6.04. The van der Waals surface area contributed by atoms with Gasteiger partial charge in [-0.25, -0.2) is 0 Å². The lowest BCUT2D eigenvalue weighted by molar-refractivity contribution is 0.102. The van der Waals surface area contributed by atoms with E-state index in [4.69, 9.17) is 4.42 Å². The molecule has 0 spiro atoms. The predicted molar refractivity (Wildman–Crippen MR) is 59.5 cm³/mol. The molecule has 2 N–H and O–H groups in total. The third-order valence-corrected chi connectivity index (χ3v) is 2.35. The zero-order chi connectivity index (χ0) is 11.7. The van der Waals surface area contributed by atoms with Gasteiger partial charge >= 0.3 is 0 Å². The number of rotatable bonds is 2. The van der Waals surface area contributed by atoms with E-state index in [0.29, 0.717) is 17.1 Å². The number of carbonyl (C=O) groups is 1. The Bertz CT molecular complexity index is 525. The molecule has 0 fully saturated rings. The molecular weight excluding hydrogens is 206 g/mol. The molecule has 2 heterocycles. The van der Waals surface area contributed by atoms with Gasteiger partial charge in [0, 0.05) is 5.56 Å². The van der Waals surface area contributed by atoms with Crippen LogP contribution in [0.3, 0.4) is 0 Å². The summed E-state index contributed by atoms with van der Waals surface area (Å²) in [6, 6.07) is 1.72. The Morgan fingerprint density at radius 2 is 2.19 bits per heavy atom. The van der Waals surface area contributed by atoms with Crippen LogP contribution < -0.4 is 5.32 Å².